The van der Waals surface area contributed by atoms with E-state index in [-0.39, 0.29) is 17.1 Å². The first-order valence-corrected chi connectivity index (χ1v) is 14.9. The monoisotopic (exact) mass is 593 g/mol. The Kier molecular flexibility index (Phi) is 8.77. The molecule has 5 rings (SSSR count). The molecule has 0 saturated carbocycles. The van der Waals surface area contributed by atoms with Crippen LogP contribution in [0.3, 0.4) is 0 Å². The first kappa shape index (κ1) is 29.8. The van der Waals surface area contributed by atoms with E-state index in [1.165, 1.54) is 17.3 Å². The molecule has 9 nitrogen and oxygen atoms in total. The van der Waals surface area contributed by atoms with E-state index in [9.17, 15) is 4.79 Å². The number of nitrogens with one attached hydrogen (secondary N) is 1. The van der Waals surface area contributed by atoms with Crippen LogP contribution in [0.4, 0.5) is 0 Å². The molecule has 2 aromatic heterocycles. The molecule has 1 N–H and O–H groups in total. The van der Waals surface area contributed by atoms with Crippen LogP contribution < -0.4 is 10.2 Å². The molecular formula is C33H35N7O2S. The second-order valence-electron chi connectivity index (χ2n) is 11.1. The largest absolute Gasteiger partial charge is 0.497 e. The lowest BCUT2D eigenvalue weighted by atomic mass is 9.87. The van der Waals surface area contributed by atoms with Crippen LogP contribution in [-0.2, 0) is 10.2 Å². The summed E-state index contributed by atoms with van der Waals surface area (Å²) >= 11 is 1.29. The zero-order valence-corrected chi connectivity index (χ0v) is 26.0. The number of hydrogen-bond donors (Lipinski definition) is 1. The van der Waals surface area contributed by atoms with Crippen molar-refractivity contribution in [2.45, 2.75) is 45.2 Å². The van der Waals surface area contributed by atoms with Crippen LogP contribution in [0.5, 0.6) is 5.75 Å². The Balaban J connectivity index is 1.33. The zero-order chi connectivity index (χ0) is 30.6. The molecule has 0 fully saturated rings. The minimum Gasteiger partial charge on any atom is -0.497 e. The fraction of sp³-hybridized carbons (Fsp3) is 0.242. The van der Waals surface area contributed by atoms with Gasteiger partial charge in [0.2, 0.25) is 0 Å². The zero-order valence-electron chi connectivity index (χ0n) is 25.2. The summed E-state index contributed by atoms with van der Waals surface area (Å²) < 4.78 is 9.17. The predicted molar refractivity (Wildman–Crippen MR) is 172 cm³/mol. The van der Waals surface area contributed by atoms with Crippen molar-refractivity contribution in [1.29, 1.82) is 0 Å². The molecular weight excluding hydrogens is 558 g/mol. The quantitative estimate of drug-likeness (QED) is 0.123. The molecule has 0 spiro atoms. The number of rotatable bonds is 9. The summed E-state index contributed by atoms with van der Waals surface area (Å²) in [5.74, 6) is 1.29. The van der Waals surface area contributed by atoms with Gasteiger partial charge in [0, 0.05) is 16.8 Å². The van der Waals surface area contributed by atoms with E-state index in [1.807, 2.05) is 77.7 Å². The molecule has 0 radical (unpaired) electrons. The van der Waals surface area contributed by atoms with E-state index in [4.69, 9.17) is 4.74 Å². The Bertz CT molecular complexity index is 1730. The van der Waals surface area contributed by atoms with Crippen molar-refractivity contribution in [3.05, 3.63) is 101 Å². The van der Waals surface area contributed by atoms with Crippen LogP contribution in [0.15, 0.2) is 89.1 Å². The summed E-state index contributed by atoms with van der Waals surface area (Å²) in [5, 5.41) is 18.4. The molecule has 1 amide bonds. The standard InChI is InChI=1S/C33H35N7O2S/c1-22-29(23(2)40(38-22)27-10-8-7-9-11-27)20-34-35-30(41)21-43-32-37-36-31(24-12-14-25(15-13-24)33(3,4)5)39(32)26-16-18-28(42-6)19-17-26/h7-20H,21H2,1-6H3,(H,35,41)/b34-20+. The molecule has 5 aromatic rings. The third-order valence-corrected chi connectivity index (χ3v) is 7.97. The maximum absolute atomic E-state index is 12.8. The average Bonchev–Trinajstić information content (AvgIpc) is 3.56. The summed E-state index contributed by atoms with van der Waals surface area (Å²) in [6, 6.07) is 25.9. The highest BCUT2D eigenvalue weighted by Gasteiger charge is 2.19. The number of methoxy groups -OCH3 is 1. The minimum absolute atomic E-state index is 0.0405. The summed E-state index contributed by atoms with van der Waals surface area (Å²) in [6.07, 6.45) is 1.64. The van der Waals surface area contributed by atoms with Gasteiger partial charge in [-0.2, -0.15) is 10.2 Å². The van der Waals surface area contributed by atoms with Crippen LogP contribution in [0.2, 0.25) is 0 Å². The fourth-order valence-electron chi connectivity index (χ4n) is 4.63. The number of ether oxygens (including phenoxy) is 1. The maximum Gasteiger partial charge on any atom is 0.250 e. The number of hydrazone groups is 1. The van der Waals surface area contributed by atoms with Gasteiger partial charge < -0.3 is 4.74 Å². The molecule has 0 saturated heterocycles. The van der Waals surface area contributed by atoms with Crippen molar-refractivity contribution < 1.29 is 9.53 Å². The molecule has 220 valence electrons. The molecule has 0 unspecified atom stereocenters. The number of carbonyl (C=O) groups is 1. The molecule has 2 heterocycles. The van der Waals surface area contributed by atoms with Gasteiger partial charge in [0.1, 0.15) is 5.75 Å². The molecule has 43 heavy (non-hydrogen) atoms. The maximum atomic E-state index is 12.8. The molecule has 0 aliphatic carbocycles. The van der Waals surface area contributed by atoms with E-state index >= 15 is 0 Å². The Labute approximate surface area is 256 Å². The highest BCUT2D eigenvalue weighted by Crippen LogP contribution is 2.31. The van der Waals surface area contributed by atoms with Crippen LogP contribution in [-0.4, -0.2) is 49.5 Å². The normalized spacial score (nSPS) is 11.7. The van der Waals surface area contributed by atoms with Crippen LogP contribution >= 0.6 is 11.8 Å². The second-order valence-corrected chi connectivity index (χ2v) is 12.0. The Hall–Kier alpha value is -4.70. The van der Waals surface area contributed by atoms with Crippen LogP contribution in [0.1, 0.15) is 43.3 Å². The Morgan fingerprint density at radius 3 is 2.30 bits per heavy atom. The van der Waals surface area contributed by atoms with E-state index in [0.717, 1.165) is 39.6 Å². The lowest BCUT2D eigenvalue weighted by molar-refractivity contribution is -0.118. The van der Waals surface area contributed by atoms with Crippen molar-refractivity contribution >= 4 is 23.9 Å². The van der Waals surface area contributed by atoms with Crippen molar-refractivity contribution in [2.24, 2.45) is 5.10 Å². The number of para-hydroxylation sites is 1. The topological polar surface area (TPSA) is 99.2 Å². The smallest absolute Gasteiger partial charge is 0.250 e. The van der Waals surface area contributed by atoms with Crippen molar-refractivity contribution in [1.82, 2.24) is 30.0 Å². The Morgan fingerprint density at radius 1 is 0.953 bits per heavy atom. The van der Waals surface area contributed by atoms with Crippen molar-refractivity contribution in [3.8, 4) is 28.5 Å². The van der Waals surface area contributed by atoms with E-state index in [2.05, 4.69) is 70.9 Å². The van der Waals surface area contributed by atoms with Gasteiger partial charge in [-0.1, -0.05) is 75.0 Å². The molecule has 3 aromatic carbocycles. The highest BCUT2D eigenvalue weighted by molar-refractivity contribution is 7.99. The number of hydrogen-bond acceptors (Lipinski definition) is 7. The molecule has 10 heteroatoms. The molecule has 0 aliphatic heterocycles. The van der Waals surface area contributed by atoms with Crippen molar-refractivity contribution in [3.63, 3.8) is 0 Å². The molecule has 0 aliphatic rings. The lowest BCUT2D eigenvalue weighted by Gasteiger charge is -2.19. The number of aromatic nitrogens is 5. The second kappa shape index (κ2) is 12.7. The van der Waals surface area contributed by atoms with Gasteiger partial charge in [-0.25, -0.2) is 10.1 Å². The van der Waals surface area contributed by atoms with Gasteiger partial charge in [0.15, 0.2) is 11.0 Å². The summed E-state index contributed by atoms with van der Waals surface area (Å²) in [6.45, 7) is 10.5. The number of amides is 1. The van der Waals surface area contributed by atoms with E-state index < -0.39 is 0 Å². The number of nitrogens with zero attached hydrogens (tertiary/aromatic N) is 6. The average molecular weight is 594 g/mol. The van der Waals surface area contributed by atoms with Gasteiger partial charge in [0.25, 0.3) is 5.91 Å². The fourth-order valence-corrected chi connectivity index (χ4v) is 5.37. The van der Waals surface area contributed by atoms with E-state index in [1.54, 1.807) is 13.3 Å². The first-order valence-electron chi connectivity index (χ1n) is 13.9. The molecule has 0 atom stereocenters. The van der Waals surface area contributed by atoms with Crippen LogP contribution in [0, 0.1) is 13.8 Å². The summed E-state index contributed by atoms with van der Waals surface area (Å²) in [4.78, 5) is 12.8. The lowest BCUT2D eigenvalue weighted by Crippen LogP contribution is -2.20. The first-order chi connectivity index (χ1) is 20.7. The Morgan fingerprint density at radius 2 is 1.65 bits per heavy atom. The third kappa shape index (κ3) is 6.70. The summed E-state index contributed by atoms with van der Waals surface area (Å²) in [5.41, 5.74) is 9.29. The summed E-state index contributed by atoms with van der Waals surface area (Å²) in [7, 11) is 1.64. The number of benzene rings is 3. The number of thioether (sulfide) groups is 1. The highest BCUT2D eigenvalue weighted by atomic mass is 32.2. The predicted octanol–water partition coefficient (Wildman–Crippen LogP) is 6.29. The van der Waals surface area contributed by atoms with Gasteiger partial charge in [-0.15, -0.1) is 10.2 Å². The number of aryl methyl sites for hydroxylation is 1. The van der Waals surface area contributed by atoms with Gasteiger partial charge >= 0.3 is 0 Å². The minimum atomic E-state index is -0.257. The molecule has 0 bridgehead atoms. The van der Waals surface area contributed by atoms with Gasteiger partial charge in [-0.3, -0.25) is 9.36 Å². The SMILES string of the molecule is COc1ccc(-n2c(SCC(=O)N/N=C/c3c(C)nn(-c4ccccc4)c3C)nnc2-c2ccc(C(C)(C)C)cc2)cc1. The third-order valence-electron chi connectivity index (χ3n) is 7.04. The number of carbonyl (C=O) groups excluding carboxylic acids is 1. The van der Waals surface area contributed by atoms with Gasteiger partial charge in [-0.05, 0) is 61.2 Å². The van der Waals surface area contributed by atoms with Crippen LogP contribution in [0.25, 0.3) is 22.8 Å². The van der Waals surface area contributed by atoms with Crippen molar-refractivity contribution in [2.75, 3.05) is 12.9 Å². The van der Waals surface area contributed by atoms with Gasteiger partial charge in [0.05, 0.1) is 36.2 Å². The van der Waals surface area contributed by atoms with E-state index in [0.29, 0.717) is 11.0 Å².